The van der Waals surface area contributed by atoms with Crippen molar-refractivity contribution in [2.75, 3.05) is 14.2 Å². The second-order valence-corrected chi connectivity index (χ2v) is 5.71. The molecule has 0 saturated heterocycles. The van der Waals surface area contributed by atoms with Gasteiger partial charge < -0.3 is 9.47 Å². The van der Waals surface area contributed by atoms with E-state index < -0.39 is 0 Å². The number of nitriles is 1. The highest BCUT2D eigenvalue weighted by Crippen LogP contribution is 2.33. The van der Waals surface area contributed by atoms with Crippen LogP contribution in [-0.2, 0) is 12.8 Å². The van der Waals surface area contributed by atoms with E-state index in [1.54, 1.807) is 20.3 Å². The van der Waals surface area contributed by atoms with Crippen molar-refractivity contribution in [3.63, 3.8) is 0 Å². The summed E-state index contributed by atoms with van der Waals surface area (Å²) in [5.74, 6) is 1.14. The molecule has 0 spiro atoms. The fourth-order valence-electron chi connectivity index (χ4n) is 2.63. The van der Waals surface area contributed by atoms with Gasteiger partial charge in [0.05, 0.1) is 26.2 Å². The Morgan fingerprint density at radius 3 is 2.39 bits per heavy atom. The van der Waals surface area contributed by atoms with Crippen molar-refractivity contribution >= 4 is 11.6 Å². The number of ether oxygens (including phenoxy) is 2. The molecule has 0 amide bonds. The normalized spacial score (nSPS) is 11.6. The number of methoxy groups -OCH3 is 2. The number of benzene rings is 2. The van der Waals surface area contributed by atoms with Crippen molar-refractivity contribution < 1.29 is 9.47 Å². The van der Waals surface area contributed by atoms with Gasteiger partial charge in [0.25, 0.3) is 0 Å². The Morgan fingerprint density at radius 2 is 1.78 bits per heavy atom. The summed E-state index contributed by atoms with van der Waals surface area (Å²) in [7, 11) is 3.24. The molecule has 3 nitrogen and oxygen atoms in total. The summed E-state index contributed by atoms with van der Waals surface area (Å²) in [4.78, 5) is 0. The van der Waals surface area contributed by atoms with Crippen molar-refractivity contribution in [3.05, 3.63) is 58.1 Å². The summed E-state index contributed by atoms with van der Waals surface area (Å²) in [6.45, 7) is 2.09. The van der Waals surface area contributed by atoms with Gasteiger partial charge in [-0.2, -0.15) is 5.26 Å². The van der Waals surface area contributed by atoms with Crippen molar-refractivity contribution in [1.29, 1.82) is 5.26 Å². The molecule has 4 heteroatoms. The van der Waals surface area contributed by atoms with E-state index in [-0.39, 0.29) is 5.92 Å². The molecule has 0 aromatic heterocycles. The van der Waals surface area contributed by atoms with E-state index >= 15 is 0 Å². The van der Waals surface area contributed by atoms with Crippen LogP contribution in [-0.4, -0.2) is 14.2 Å². The molecule has 2 aromatic carbocycles. The zero-order valence-corrected chi connectivity index (χ0v) is 14.4. The smallest absolute Gasteiger partial charge is 0.123 e. The molecule has 120 valence electrons. The van der Waals surface area contributed by atoms with Crippen LogP contribution in [0.15, 0.2) is 36.4 Å². The van der Waals surface area contributed by atoms with E-state index in [9.17, 15) is 5.26 Å². The first kappa shape index (κ1) is 17.2. The van der Waals surface area contributed by atoms with E-state index in [1.165, 1.54) is 5.56 Å². The summed E-state index contributed by atoms with van der Waals surface area (Å²) < 4.78 is 10.8. The van der Waals surface area contributed by atoms with Gasteiger partial charge in [-0.1, -0.05) is 30.7 Å². The van der Waals surface area contributed by atoms with Crippen LogP contribution in [0.1, 0.15) is 29.5 Å². The predicted molar refractivity (Wildman–Crippen MR) is 92.4 cm³/mol. The Morgan fingerprint density at radius 1 is 1.09 bits per heavy atom. The molecule has 2 aromatic rings. The van der Waals surface area contributed by atoms with Crippen LogP contribution in [0.5, 0.6) is 11.5 Å². The monoisotopic (exact) mass is 329 g/mol. The number of rotatable bonds is 6. The minimum Gasteiger partial charge on any atom is -0.496 e. The Labute approximate surface area is 142 Å². The maximum atomic E-state index is 9.68. The van der Waals surface area contributed by atoms with Gasteiger partial charge >= 0.3 is 0 Å². The first-order chi connectivity index (χ1) is 11.1. The summed E-state index contributed by atoms with van der Waals surface area (Å²) in [6, 6.07) is 13.8. The molecule has 0 heterocycles. The molecule has 0 aliphatic heterocycles. The van der Waals surface area contributed by atoms with E-state index in [0.29, 0.717) is 11.4 Å². The molecular formula is C19H20ClNO2. The van der Waals surface area contributed by atoms with Gasteiger partial charge in [0, 0.05) is 10.6 Å². The van der Waals surface area contributed by atoms with Gasteiger partial charge in [0.15, 0.2) is 0 Å². The fourth-order valence-corrected chi connectivity index (χ4v) is 2.82. The molecule has 0 saturated carbocycles. The zero-order valence-electron chi connectivity index (χ0n) is 13.6. The number of nitrogens with zero attached hydrogens (tertiary/aromatic N) is 1. The lowest BCUT2D eigenvalue weighted by Gasteiger charge is -2.17. The van der Waals surface area contributed by atoms with E-state index in [1.807, 2.05) is 30.3 Å². The van der Waals surface area contributed by atoms with Crippen LogP contribution in [0.3, 0.4) is 0 Å². The lowest BCUT2D eigenvalue weighted by atomic mass is 9.90. The maximum absolute atomic E-state index is 9.68. The quantitative estimate of drug-likeness (QED) is 0.766. The summed E-state index contributed by atoms with van der Waals surface area (Å²) >= 11 is 6.09. The molecule has 2 rings (SSSR count). The van der Waals surface area contributed by atoms with Gasteiger partial charge in [-0.05, 0) is 48.2 Å². The van der Waals surface area contributed by atoms with Crippen LogP contribution in [0.25, 0.3) is 0 Å². The minimum absolute atomic E-state index is 0.330. The minimum atomic E-state index is -0.330. The molecule has 0 fully saturated rings. The maximum Gasteiger partial charge on any atom is 0.123 e. The average molecular weight is 330 g/mol. The van der Waals surface area contributed by atoms with Crippen LogP contribution in [0, 0.1) is 11.3 Å². The third-order valence-electron chi connectivity index (χ3n) is 3.90. The van der Waals surface area contributed by atoms with Crippen molar-refractivity contribution in [3.8, 4) is 17.6 Å². The second-order valence-electron chi connectivity index (χ2n) is 5.27. The van der Waals surface area contributed by atoms with Crippen molar-refractivity contribution in [1.82, 2.24) is 0 Å². The SMILES string of the molecule is CCc1ccc(OC)c(C(C#N)Cc2cc(Cl)ccc2OC)c1. The third-order valence-corrected chi connectivity index (χ3v) is 4.14. The van der Waals surface area contributed by atoms with Gasteiger partial charge in [-0.15, -0.1) is 0 Å². The summed E-state index contributed by atoms with van der Waals surface area (Å²) in [5.41, 5.74) is 2.99. The van der Waals surface area contributed by atoms with Gasteiger partial charge in [0.1, 0.15) is 11.5 Å². The van der Waals surface area contributed by atoms with Gasteiger partial charge in [-0.25, -0.2) is 0 Å². The first-order valence-electron chi connectivity index (χ1n) is 7.51. The Kier molecular flexibility index (Phi) is 5.90. The highest BCUT2D eigenvalue weighted by molar-refractivity contribution is 6.30. The topological polar surface area (TPSA) is 42.2 Å². The molecule has 23 heavy (non-hydrogen) atoms. The first-order valence-corrected chi connectivity index (χ1v) is 7.89. The Bertz CT molecular complexity index is 722. The third kappa shape index (κ3) is 3.97. The predicted octanol–water partition coefficient (Wildman–Crippen LogP) is 4.77. The van der Waals surface area contributed by atoms with Crippen LogP contribution in [0.2, 0.25) is 5.02 Å². The van der Waals surface area contributed by atoms with E-state index in [0.717, 1.165) is 29.0 Å². The summed E-state index contributed by atoms with van der Waals surface area (Å²) in [6.07, 6.45) is 1.43. The molecular weight excluding hydrogens is 310 g/mol. The number of halogens is 1. The van der Waals surface area contributed by atoms with Crippen LogP contribution < -0.4 is 9.47 Å². The Hall–Kier alpha value is -2.18. The average Bonchev–Trinajstić information content (AvgIpc) is 2.59. The standard InChI is InChI=1S/C19H20ClNO2/c1-4-13-5-7-19(23-3)17(9-13)15(12-21)10-14-11-16(20)6-8-18(14)22-2/h5-9,11,15H,4,10H2,1-3H3. The van der Waals surface area contributed by atoms with Crippen molar-refractivity contribution in [2.45, 2.75) is 25.7 Å². The van der Waals surface area contributed by atoms with Gasteiger partial charge in [-0.3, -0.25) is 0 Å². The highest BCUT2D eigenvalue weighted by atomic mass is 35.5. The van der Waals surface area contributed by atoms with Crippen LogP contribution in [0.4, 0.5) is 0 Å². The molecule has 0 aliphatic rings. The molecule has 0 radical (unpaired) electrons. The summed E-state index contributed by atoms with van der Waals surface area (Å²) in [5, 5.41) is 10.3. The van der Waals surface area contributed by atoms with Gasteiger partial charge in [0.2, 0.25) is 0 Å². The molecule has 0 N–H and O–H groups in total. The fraction of sp³-hybridized carbons (Fsp3) is 0.316. The molecule has 0 aliphatic carbocycles. The molecule has 1 unspecified atom stereocenters. The number of aryl methyl sites for hydroxylation is 1. The Balaban J connectivity index is 2.42. The van der Waals surface area contributed by atoms with E-state index in [2.05, 4.69) is 13.0 Å². The molecule has 1 atom stereocenters. The van der Waals surface area contributed by atoms with Crippen molar-refractivity contribution in [2.24, 2.45) is 0 Å². The number of hydrogen-bond acceptors (Lipinski definition) is 3. The second kappa shape index (κ2) is 7.89. The molecule has 0 bridgehead atoms. The largest absolute Gasteiger partial charge is 0.496 e. The lowest BCUT2D eigenvalue weighted by Crippen LogP contribution is -2.05. The van der Waals surface area contributed by atoms with Crippen LogP contribution >= 0.6 is 11.6 Å². The van der Waals surface area contributed by atoms with E-state index in [4.69, 9.17) is 21.1 Å². The number of hydrogen-bond donors (Lipinski definition) is 0. The highest BCUT2D eigenvalue weighted by Gasteiger charge is 2.19. The zero-order chi connectivity index (χ0) is 16.8. The lowest BCUT2D eigenvalue weighted by molar-refractivity contribution is 0.404.